The first-order chi connectivity index (χ1) is 17.5. The highest BCUT2D eigenvalue weighted by Gasteiger charge is 2.34. The van der Waals surface area contributed by atoms with E-state index in [9.17, 15) is 23.1 Å². The van der Waals surface area contributed by atoms with Gasteiger partial charge in [-0.1, -0.05) is 6.07 Å². The maximum absolute atomic E-state index is 13.0. The van der Waals surface area contributed by atoms with Crippen LogP contribution in [0.25, 0.3) is 0 Å². The van der Waals surface area contributed by atoms with Gasteiger partial charge in [0.1, 0.15) is 17.1 Å². The van der Waals surface area contributed by atoms with Gasteiger partial charge in [-0.3, -0.25) is 4.79 Å². The van der Waals surface area contributed by atoms with Crippen molar-refractivity contribution in [3.05, 3.63) is 59.3 Å². The van der Waals surface area contributed by atoms with Gasteiger partial charge in [0.2, 0.25) is 5.95 Å². The van der Waals surface area contributed by atoms with E-state index >= 15 is 0 Å². The van der Waals surface area contributed by atoms with E-state index in [1.165, 1.54) is 0 Å². The van der Waals surface area contributed by atoms with Gasteiger partial charge in [-0.15, -0.1) is 10.2 Å². The Bertz CT molecular complexity index is 1290. The van der Waals surface area contributed by atoms with E-state index < -0.39 is 17.5 Å². The van der Waals surface area contributed by atoms with Gasteiger partial charge in [-0.2, -0.15) is 13.2 Å². The molecule has 2 atom stereocenters. The van der Waals surface area contributed by atoms with Crippen LogP contribution in [0, 0.1) is 0 Å². The highest BCUT2D eigenvalue weighted by atomic mass is 19.4. The summed E-state index contributed by atoms with van der Waals surface area (Å²) in [6, 6.07) is 7.23. The average Bonchev–Trinajstić information content (AvgIpc) is 3.42. The molecule has 5 rings (SSSR count). The van der Waals surface area contributed by atoms with E-state index in [0.29, 0.717) is 42.1 Å². The number of aliphatic hydroxyl groups is 1. The number of nitrogens with zero attached hydrogens (tertiary/aromatic N) is 6. The summed E-state index contributed by atoms with van der Waals surface area (Å²) in [7, 11) is 0. The summed E-state index contributed by atoms with van der Waals surface area (Å²) in [5.41, 5.74) is -0.0851. The smallest absolute Gasteiger partial charge is 0.384 e. The number of anilines is 3. The second-order valence-electron chi connectivity index (χ2n) is 9.72. The molecule has 194 valence electrons. The Labute approximate surface area is 210 Å². The van der Waals surface area contributed by atoms with Crippen LogP contribution < -0.4 is 15.5 Å². The lowest BCUT2D eigenvalue weighted by molar-refractivity contribution is -0.142. The van der Waals surface area contributed by atoms with Crippen LogP contribution in [-0.2, 0) is 18.3 Å². The van der Waals surface area contributed by atoms with E-state index in [0.717, 1.165) is 18.4 Å². The molecule has 0 unspecified atom stereocenters. The third-order valence-corrected chi connectivity index (χ3v) is 6.41. The number of pyridine rings is 2. The molecule has 10 nitrogen and oxygen atoms in total. The number of hydrogen-bond acceptors (Lipinski definition) is 9. The molecule has 0 aromatic carbocycles. The van der Waals surface area contributed by atoms with Crippen LogP contribution in [0.5, 0.6) is 0 Å². The number of hydrogen-bond donors (Lipinski definition) is 3. The van der Waals surface area contributed by atoms with Gasteiger partial charge >= 0.3 is 6.18 Å². The number of rotatable bonds is 6. The first-order valence-corrected chi connectivity index (χ1v) is 11.8. The highest BCUT2D eigenvalue weighted by molar-refractivity contribution is 6.08. The van der Waals surface area contributed by atoms with E-state index in [4.69, 9.17) is 0 Å². The van der Waals surface area contributed by atoms with Crippen LogP contribution in [0.2, 0.25) is 0 Å². The fraction of sp³-hybridized carbons (Fsp3) is 0.417. The molecule has 4 heterocycles. The van der Waals surface area contributed by atoms with Gasteiger partial charge < -0.3 is 20.6 Å². The van der Waals surface area contributed by atoms with Crippen molar-refractivity contribution in [1.29, 1.82) is 0 Å². The third-order valence-electron chi connectivity index (χ3n) is 6.41. The summed E-state index contributed by atoms with van der Waals surface area (Å²) in [5, 5.41) is 23.3. The molecule has 0 bridgehead atoms. The molecule has 0 radical (unpaired) electrons. The van der Waals surface area contributed by atoms with Gasteiger partial charge in [0.15, 0.2) is 5.69 Å². The lowest BCUT2D eigenvalue weighted by Crippen LogP contribution is -2.25. The molecule has 0 saturated heterocycles. The van der Waals surface area contributed by atoms with Crippen LogP contribution in [0.4, 0.5) is 30.6 Å². The van der Waals surface area contributed by atoms with Crippen molar-refractivity contribution < 1.29 is 23.1 Å². The maximum atomic E-state index is 13.0. The number of halogens is 3. The summed E-state index contributed by atoms with van der Waals surface area (Å²) in [4.78, 5) is 27.1. The lowest BCUT2D eigenvalue weighted by Gasteiger charge is -2.18. The van der Waals surface area contributed by atoms with Crippen LogP contribution in [0.15, 0.2) is 36.7 Å². The molecule has 37 heavy (non-hydrogen) atoms. The fourth-order valence-electron chi connectivity index (χ4n) is 4.46. The monoisotopic (exact) mass is 514 g/mol. The lowest BCUT2D eigenvalue weighted by atomic mass is 10.0. The van der Waals surface area contributed by atoms with E-state index in [1.54, 1.807) is 37.1 Å². The number of alkyl halides is 3. The summed E-state index contributed by atoms with van der Waals surface area (Å²) in [5.74, 6) is 0.461. The molecular weight excluding hydrogens is 489 g/mol. The molecule has 3 N–H and O–H groups in total. The number of nitrogens with one attached hydrogen (secondary N) is 2. The average molecular weight is 515 g/mol. The first kappa shape index (κ1) is 24.8. The molecule has 1 fully saturated rings. The molecule has 2 aliphatic rings. The number of carbonyl (C=O) groups is 1. The minimum Gasteiger partial charge on any atom is -0.384 e. The van der Waals surface area contributed by atoms with Crippen LogP contribution in [-0.4, -0.2) is 48.2 Å². The van der Waals surface area contributed by atoms with Crippen molar-refractivity contribution in [3.8, 4) is 0 Å². The van der Waals surface area contributed by atoms with Crippen LogP contribution in [0.1, 0.15) is 60.5 Å². The van der Waals surface area contributed by atoms with E-state index in [-0.39, 0.29) is 23.9 Å². The molecular formula is C24H25F3N8O2. The van der Waals surface area contributed by atoms with Gasteiger partial charge in [0, 0.05) is 17.6 Å². The molecule has 1 amide bonds. The zero-order valence-corrected chi connectivity index (χ0v) is 20.1. The zero-order valence-electron chi connectivity index (χ0n) is 20.1. The van der Waals surface area contributed by atoms with Crippen molar-refractivity contribution in [3.63, 3.8) is 0 Å². The quantitative estimate of drug-likeness (QED) is 0.453. The van der Waals surface area contributed by atoms with Crippen molar-refractivity contribution in [2.75, 3.05) is 15.5 Å². The predicted molar refractivity (Wildman–Crippen MR) is 128 cm³/mol. The summed E-state index contributed by atoms with van der Waals surface area (Å²) >= 11 is 0. The maximum Gasteiger partial charge on any atom is 0.436 e. The molecule has 13 heteroatoms. The largest absolute Gasteiger partial charge is 0.436 e. The van der Waals surface area contributed by atoms with Crippen molar-refractivity contribution >= 4 is 23.4 Å². The zero-order chi connectivity index (χ0) is 26.4. The molecule has 3 aromatic heterocycles. The Hall–Kier alpha value is -3.87. The standard InChI is InChI=1S/C24H25F3N8O2/c1-23(2,37)17-7-3-13-12-35(21(36)20(13)32-17)16-6-8-19(28-10-16)30-14-4-5-15(9-14)31-22-29-11-18(33-34-22)24(25,26)27/h3,6-8,10-11,14-15,37H,4-5,9,12H2,1-2H3,(H,28,30)(H,29,31,34)/t14-,15-/m0/s1. The Morgan fingerprint density at radius 1 is 0.973 bits per heavy atom. The molecule has 1 aliphatic heterocycles. The minimum absolute atomic E-state index is 0.0164. The Morgan fingerprint density at radius 3 is 2.35 bits per heavy atom. The van der Waals surface area contributed by atoms with Gasteiger partial charge in [0.25, 0.3) is 5.91 Å². The SMILES string of the molecule is CC(C)(O)c1ccc2c(n1)C(=O)N(c1ccc(N[C@H]3CC[C@H](Nc4ncc(C(F)(F)F)nn4)C3)nc1)C2. The summed E-state index contributed by atoms with van der Waals surface area (Å²) < 4.78 is 37.9. The Balaban J connectivity index is 1.17. The second kappa shape index (κ2) is 9.21. The molecule has 0 spiro atoms. The fourth-order valence-corrected chi connectivity index (χ4v) is 4.46. The van der Waals surface area contributed by atoms with E-state index in [2.05, 4.69) is 35.8 Å². The topological polar surface area (TPSA) is 129 Å². The van der Waals surface area contributed by atoms with Gasteiger partial charge in [0.05, 0.1) is 30.3 Å². The van der Waals surface area contributed by atoms with E-state index in [1.807, 2.05) is 12.1 Å². The number of aromatic nitrogens is 5. The van der Waals surface area contributed by atoms with Gasteiger partial charge in [-0.25, -0.2) is 15.0 Å². The normalized spacial score (nSPS) is 19.7. The van der Waals surface area contributed by atoms with Crippen LogP contribution >= 0.6 is 0 Å². The highest BCUT2D eigenvalue weighted by Crippen LogP contribution is 2.31. The minimum atomic E-state index is -4.58. The molecule has 1 aliphatic carbocycles. The second-order valence-corrected chi connectivity index (χ2v) is 9.72. The molecule has 3 aromatic rings. The summed E-state index contributed by atoms with van der Waals surface area (Å²) in [6.07, 6.45) is 0.00742. The Morgan fingerprint density at radius 2 is 1.73 bits per heavy atom. The molecule has 1 saturated carbocycles. The van der Waals surface area contributed by atoms with Crippen molar-refractivity contribution in [1.82, 2.24) is 25.1 Å². The van der Waals surface area contributed by atoms with Crippen molar-refractivity contribution in [2.24, 2.45) is 0 Å². The predicted octanol–water partition coefficient (Wildman–Crippen LogP) is 3.51. The Kier molecular flexibility index (Phi) is 6.18. The summed E-state index contributed by atoms with van der Waals surface area (Å²) in [6.45, 7) is 3.62. The van der Waals surface area contributed by atoms with Crippen LogP contribution in [0.3, 0.4) is 0 Å². The number of amides is 1. The number of fused-ring (bicyclic) bond motifs is 1. The van der Waals surface area contributed by atoms with Gasteiger partial charge in [-0.05, 0) is 51.3 Å². The van der Waals surface area contributed by atoms with Crippen molar-refractivity contribution in [2.45, 2.75) is 63.5 Å². The number of carbonyl (C=O) groups excluding carboxylic acids is 1. The third kappa shape index (κ3) is 5.31. The first-order valence-electron chi connectivity index (χ1n) is 11.8.